The van der Waals surface area contributed by atoms with E-state index in [0.717, 1.165) is 6.20 Å². The summed E-state index contributed by atoms with van der Waals surface area (Å²) in [6, 6.07) is 4.02. The van der Waals surface area contributed by atoms with Crippen LogP contribution in [-0.2, 0) is 19.1 Å². The maximum atomic E-state index is 13.3. The van der Waals surface area contributed by atoms with E-state index >= 15 is 0 Å². The minimum Gasteiger partial charge on any atom is -0.494 e. The largest absolute Gasteiger partial charge is 0.494 e. The number of esters is 2. The summed E-state index contributed by atoms with van der Waals surface area (Å²) in [6.07, 6.45) is 1.16. The number of halogens is 1. The Morgan fingerprint density at radius 2 is 1.82 bits per heavy atom. The van der Waals surface area contributed by atoms with E-state index in [1.54, 1.807) is 13.8 Å². The van der Waals surface area contributed by atoms with Crippen LogP contribution in [0.2, 0.25) is 0 Å². The van der Waals surface area contributed by atoms with Crippen molar-refractivity contribution in [2.75, 3.05) is 25.6 Å². The molecule has 0 radical (unpaired) electrons. The van der Waals surface area contributed by atoms with Gasteiger partial charge in [0.05, 0.1) is 20.3 Å². The number of anilines is 1. The molecule has 0 unspecified atom stereocenters. The summed E-state index contributed by atoms with van der Waals surface area (Å²) < 4.78 is 27.7. The molecule has 0 bridgehead atoms. The average molecular weight is 313 g/mol. The fourth-order valence-corrected chi connectivity index (χ4v) is 1.52. The first kappa shape index (κ1) is 17.5. The van der Waals surface area contributed by atoms with Crippen LogP contribution in [0.1, 0.15) is 15.3 Å². The zero-order chi connectivity index (χ0) is 16.5. The number of hydrogen-bond acceptors (Lipinski definition) is 6. The highest BCUT2D eigenvalue weighted by Crippen LogP contribution is 2.21. The van der Waals surface area contributed by atoms with Gasteiger partial charge in [-0.2, -0.15) is 0 Å². The van der Waals surface area contributed by atoms with Crippen molar-refractivity contribution in [1.29, 1.82) is 0 Å². The SMILES string of the molecule is CCOC(=O)C(=CNc1ccc(F)c(OC)c1)C(=O)OCC.[HH]. The summed E-state index contributed by atoms with van der Waals surface area (Å²) in [5.41, 5.74) is 0.149. The third-order valence-electron chi connectivity index (χ3n) is 2.52. The van der Waals surface area contributed by atoms with Gasteiger partial charge >= 0.3 is 11.9 Å². The van der Waals surface area contributed by atoms with Crippen LogP contribution in [0.25, 0.3) is 0 Å². The predicted molar refractivity (Wildman–Crippen MR) is 80.0 cm³/mol. The maximum Gasteiger partial charge on any atom is 0.347 e. The van der Waals surface area contributed by atoms with Crippen molar-refractivity contribution in [2.45, 2.75) is 13.8 Å². The molecule has 0 saturated heterocycles. The van der Waals surface area contributed by atoms with E-state index in [2.05, 4.69) is 5.32 Å². The van der Waals surface area contributed by atoms with Crippen molar-refractivity contribution in [3.05, 3.63) is 35.8 Å². The first-order valence-electron chi connectivity index (χ1n) is 6.67. The summed E-state index contributed by atoms with van der Waals surface area (Å²) in [4.78, 5) is 23.5. The van der Waals surface area contributed by atoms with Gasteiger partial charge in [0.15, 0.2) is 17.1 Å². The molecular weight excluding hydrogens is 293 g/mol. The molecule has 22 heavy (non-hydrogen) atoms. The zero-order valence-corrected chi connectivity index (χ0v) is 12.6. The molecule has 0 heterocycles. The van der Waals surface area contributed by atoms with Gasteiger partial charge in [-0.15, -0.1) is 0 Å². The van der Waals surface area contributed by atoms with Gasteiger partial charge in [0.2, 0.25) is 0 Å². The van der Waals surface area contributed by atoms with Crippen molar-refractivity contribution in [3.8, 4) is 5.75 Å². The number of hydrogen-bond donors (Lipinski definition) is 1. The van der Waals surface area contributed by atoms with Crippen LogP contribution in [0.4, 0.5) is 10.1 Å². The normalized spacial score (nSPS) is 9.64. The molecule has 6 nitrogen and oxygen atoms in total. The Balaban J connectivity index is 0.00000484. The van der Waals surface area contributed by atoms with Crippen molar-refractivity contribution in [2.24, 2.45) is 0 Å². The van der Waals surface area contributed by atoms with Crippen LogP contribution < -0.4 is 10.1 Å². The summed E-state index contributed by atoms with van der Waals surface area (Å²) >= 11 is 0. The van der Waals surface area contributed by atoms with Crippen LogP contribution in [0.5, 0.6) is 5.75 Å². The Kier molecular flexibility index (Phi) is 6.88. The van der Waals surface area contributed by atoms with Gasteiger partial charge in [0, 0.05) is 19.4 Å². The van der Waals surface area contributed by atoms with Crippen molar-refractivity contribution in [3.63, 3.8) is 0 Å². The molecule has 0 atom stereocenters. The highest BCUT2D eigenvalue weighted by atomic mass is 19.1. The molecule has 1 aromatic rings. The van der Waals surface area contributed by atoms with Crippen LogP contribution in [0.3, 0.4) is 0 Å². The number of rotatable bonds is 7. The van der Waals surface area contributed by atoms with Gasteiger partial charge in [-0.3, -0.25) is 0 Å². The first-order valence-corrected chi connectivity index (χ1v) is 6.67. The fourth-order valence-electron chi connectivity index (χ4n) is 1.52. The van der Waals surface area contributed by atoms with Gasteiger partial charge in [0.1, 0.15) is 0 Å². The van der Waals surface area contributed by atoms with E-state index in [9.17, 15) is 14.0 Å². The third-order valence-corrected chi connectivity index (χ3v) is 2.52. The van der Waals surface area contributed by atoms with Crippen molar-refractivity contribution >= 4 is 17.6 Å². The van der Waals surface area contributed by atoms with Crippen LogP contribution in [0.15, 0.2) is 30.0 Å². The first-order chi connectivity index (χ1) is 10.5. The second kappa shape index (κ2) is 8.66. The van der Waals surface area contributed by atoms with Gasteiger partial charge in [-0.25, -0.2) is 14.0 Å². The molecule has 0 spiro atoms. The van der Waals surface area contributed by atoms with Gasteiger partial charge in [-0.1, -0.05) is 0 Å². The molecule has 1 rings (SSSR count). The lowest BCUT2D eigenvalue weighted by atomic mass is 10.2. The van der Waals surface area contributed by atoms with Crippen molar-refractivity contribution in [1.82, 2.24) is 0 Å². The molecule has 0 amide bonds. The number of nitrogens with one attached hydrogen (secondary N) is 1. The molecule has 0 aliphatic carbocycles. The Hall–Kier alpha value is -2.57. The van der Waals surface area contributed by atoms with Gasteiger partial charge in [0.25, 0.3) is 0 Å². The number of benzene rings is 1. The smallest absolute Gasteiger partial charge is 0.347 e. The van der Waals surface area contributed by atoms with Crippen LogP contribution >= 0.6 is 0 Å². The molecule has 0 aliphatic rings. The monoisotopic (exact) mass is 313 g/mol. The second-order valence-corrected chi connectivity index (χ2v) is 3.99. The zero-order valence-electron chi connectivity index (χ0n) is 12.6. The number of ether oxygens (including phenoxy) is 3. The van der Waals surface area contributed by atoms with Crippen LogP contribution in [0, 0.1) is 5.82 Å². The molecule has 0 aromatic heterocycles. The molecule has 1 N–H and O–H groups in total. The topological polar surface area (TPSA) is 73.9 Å². The number of methoxy groups -OCH3 is 1. The molecule has 0 saturated carbocycles. The lowest BCUT2D eigenvalue weighted by Crippen LogP contribution is -2.19. The number of carbonyl (C=O) groups excluding carboxylic acids is 2. The molecule has 0 aliphatic heterocycles. The highest BCUT2D eigenvalue weighted by Gasteiger charge is 2.20. The Bertz CT molecular complexity index is 557. The Morgan fingerprint density at radius 3 is 2.32 bits per heavy atom. The Morgan fingerprint density at radius 1 is 1.23 bits per heavy atom. The standard InChI is InChI=1S/C15H18FNO5.H2/c1-4-21-14(18)11(15(19)22-5-2)9-17-10-6-7-12(16)13(8-10)20-3;/h6-9,17H,4-5H2,1-3H3;1H. The summed E-state index contributed by atoms with van der Waals surface area (Å²) in [6.45, 7) is 3.50. The van der Waals surface area contributed by atoms with E-state index in [0.29, 0.717) is 5.69 Å². The van der Waals surface area contributed by atoms with Crippen molar-refractivity contribution < 1.29 is 29.6 Å². The highest BCUT2D eigenvalue weighted by molar-refractivity contribution is 6.14. The second-order valence-electron chi connectivity index (χ2n) is 3.99. The van der Waals surface area contributed by atoms with E-state index in [4.69, 9.17) is 14.2 Å². The third kappa shape index (κ3) is 4.76. The molecule has 0 fully saturated rings. The minimum absolute atomic E-state index is 0. The summed E-state index contributed by atoms with van der Waals surface area (Å²) in [7, 11) is 1.33. The lowest BCUT2D eigenvalue weighted by Gasteiger charge is -2.09. The molecule has 1 aromatic carbocycles. The van der Waals surface area contributed by atoms with E-state index in [1.165, 1.54) is 25.3 Å². The average Bonchev–Trinajstić information content (AvgIpc) is 2.49. The maximum absolute atomic E-state index is 13.3. The lowest BCUT2D eigenvalue weighted by molar-refractivity contribution is -0.146. The quantitative estimate of drug-likeness (QED) is 0.361. The van der Waals surface area contributed by atoms with E-state index in [1.807, 2.05) is 0 Å². The molecule has 7 heteroatoms. The van der Waals surface area contributed by atoms with E-state index < -0.39 is 17.8 Å². The Labute approximate surface area is 129 Å². The number of carbonyl (C=O) groups is 2. The minimum atomic E-state index is -0.803. The van der Waals surface area contributed by atoms with Gasteiger partial charge in [-0.05, 0) is 26.0 Å². The molecular formula is C15H20FNO5. The van der Waals surface area contributed by atoms with Crippen LogP contribution in [-0.4, -0.2) is 32.3 Å². The van der Waals surface area contributed by atoms with Gasteiger partial charge < -0.3 is 19.5 Å². The predicted octanol–water partition coefficient (Wildman–Crippen LogP) is 2.50. The summed E-state index contributed by atoms with van der Waals surface area (Å²) in [5, 5.41) is 2.71. The van der Waals surface area contributed by atoms with E-state index in [-0.39, 0.29) is 26.0 Å². The fraction of sp³-hybridized carbons (Fsp3) is 0.333. The molecule has 122 valence electrons. The summed E-state index contributed by atoms with van der Waals surface area (Å²) in [5.74, 6) is -2.09.